The topological polar surface area (TPSA) is 55.7 Å². The Labute approximate surface area is 118 Å². The Morgan fingerprint density at radius 2 is 1.85 bits per heavy atom. The van der Waals surface area contributed by atoms with Crippen molar-refractivity contribution in [2.24, 2.45) is 5.16 Å². The summed E-state index contributed by atoms with van der Waals surface area (Å²) in [5.41, 5.74) is 4.16. The van der Waals surface area contributed by atoms with Crippen LogP contribution in [0.15, 0.2) is 35.5 Å². The average Bonchev–Trinajstić information content (AvgIpc) is 2.81. The van der Waals surface area contributed by atoms with Crippen LogP contribution in [-0.4, -0.2) is 20.4 Å². The van der Waals surface area contributed by atoms with Gasteiger partial charge in [-0.25, -0.2) is 0 Å². The number of rotatable bonds is 3. The summed E-state index contributed by atoms with van der Waals surface area (Å²) in [6, 6.07) is 10.3. The van der Waals surface area contributed by atoms with Crippen molar-refractivity contribution >= 4 is 26.6 Å². The lowest BCUT2D eigenvalue weighted by Crippen LogP contribution is -2.02. The number of benzene rings is 2. The lowest BCUT2D eigenvalue weighted by atomic mass is 9.98. The average molecular weight is 289 g/mol. The van der Waals surface area contributed by atoms with Crippen LogP contribution < -0.4 is 0 Å². The SMILES string of the molecule is CC(=NOS(C)(=O)=O)c1ccc2c3c(cccc13)CC2. The fourth-order valence-corrected chi connectivity index (χ4v) is 2.98. The van der Waals surface area contributed by atoms with Gasteiger partial charge in [0.25, 0.3) is 0 Å². The molecule has 4 nitrogen and oxygen atoms in total. The first-order chi connectivity index (χ1) is 9.46. The van der Waals surface area contributed by atoms with Gasteiger partial charge < -0.3 is 0 Å². The molecular weight excluding hydrogens is 274 g/mol. The molecule has 3 rings (SSSR count). The molecule has 5 heteroatoms. The van der Waals surface area contributed by atoms with Crippen molar-refractivity contribution in [3.05, 3.63) is 47.0 Å². The summed E-state index contributed by atoms with van der Waals surface area (Å²) in [5, 5.41) is 6.11. The van der Waals surface area contributed by atoms with Gasteiger partial charge in [-0.3, -0.25) is 4.28 Å². The van der Waals surface area contributed by atoms with Crippen LogP contribution in [-0.2, 0) is 27.2 Å². The molecule has 1 aliphatic rings. The zero-order valence-corrected chi connectivity index (χ0v) is 12.2. The zero-order chi connectivity index (χ0) is 14.3. The Hall–Kier alpha value is -1.88. The van der Waals surface area contributed by atoms with Crippen LogP contribution in [0.25, 0.3) is 10.8 Å². The molecule has 0 aliphatic heterocycles. The molecule has 0 unspecified atom stereocenters. The molecule has 20 heavy (non-hydrogen) atoms. The van der Waals surface area contributed by atoms with Crippen molar-refractivity contribution in [3.63, 3.8) is 0 Å². The molecule has 2 aromatic rings. The molecule has 0 heterocycles. The van der Waals surface area contributed by atoms with Gasteiger partial charge in [-0.1, -0.05) is 35.5 Å². The first-order valence-electron chi connectivity index (χ1n) is 6.43. The molecule has 0 saturated heterocycles. The van der Waals surface area contributed by atoms with Crippen LogP contribution >= 0.6 is 0 Å². The van der Waals surface area contributed by atoms with E-state index in [2.05, 4.69) is 21.6 Å². The highest BCUT2D eigenvalue weighted by Crippen LogP contribution is 2.33. The molecule has 0 atom stereocenters. The molecule has 0 spiro atoms. The third-order valence-electron chi connectivity index (χ3n) is 3.58. The minimum atomic E-state index is -3.57. The van der Waals surface area contributed by atoms with Gasteiger partial charge in [0.2, 0.25) is 0 Å². The van der Waals surface area contributed by atoms with E-state index < -0.39 is 10.1 Å². The lowest BCUT2D eigenvalue weighted by Gasteiger charge is -2.08. The van der Waals surface area contributed by atoms with E-state index in [0.717, 1.165) is 30.0 Å². The van der Waals surface area contributed by atoms with Crippen LogP contribution in [0.1, 0.15) is 23.6 Å². The van der Waals surface area contributed by atoms with Gasteiger partial charge in [-0.15, -0.1) is 0 Å². The summed E-state index contributed by atoms with van der Waals surface area (Å²) in [5.74, 6) is 0. The molecule has 104 valence electrons. The Morgan fingerprint density at radius 1 is 1.15 bits per heavy atom. The van der Waals surface area contributed by atoms with E-state index in [0.29, 0.717) is 5.71 Å². The smallest absolute Gasteiger partial charge is 0.268 e. The maximum Gasteiger partial charge on any atom is 0.325 e. The third kappa shape index (κ3) is 2.29. The van der Waals surface area contributed by atoms with Crippen molar-refractivity contribution < 1.29 is 12.7 Å². The quantitative estimate of drug-likeness (QED) is 0.644. The van der Waals surface area contributed by atoms with Gasteiger partial charge in [0.15, 0.2) is 0 Å². The van der Waals surface area contributed by atoms with Crippen molar-refractivity contribution in [1.29, 1.82) is 0 Å². The fourth-order valence-electron chi connectivity index (χ4n) is 2.74. The minimum absolute atomic E-state index is 0.561. The second-order valence-electron chi connectivity index (χ2n) is 5.07. The standard InChI is InChI=1S/C15H15NO3S/c1-10(16-19-20(2,17)18)13-9-8-12-7-6-11-4-3-5-14(13)15(11)12/h3-5,8-9H,6-7H2,1-2H3. The second kappa shape index (κ2) is 4.59. The normalized spacial score (nSPS) is 14.8. The summed E-state index contributed by atoms with van der Waals surface area (Å²) in [6.07, 6.45) is 3.11. The molecule has 1 aliphatic carbocycles. The first-order valence-corrected chi connectivity index (χ1v) is 8.24. The monoisotopic (exact) mass is 289 g/mol. The summed E-state index contributed by atoms with van der Waals surface area (Å²) >= 11 is 0. The molecular formula is C15H15NO3S. The van der Waals surface area contributed by atoms with E-state index in [1.165, 1.54) is 16.5 Å². The predicted octanol–water partition coefficient (Wildman–Crippen LogP) is 2.64. The summed E-state index contributed by atoms with van der Waals surface area (Å²) < 4.78 is 26.6. The van der Waals surface area contributed by atoms with Crippen LogP contribution in [0.3, 0.4) is 0 Å². The maximum absolute atomic E-state index is 11.0. The second-order valence-corrected chi connectivity index (χ2v) is 6.62. The van der Waals surface area contributed by atoms with E-state index in [1.54, 1.807) is 6.92 Å². The summed E-state index contributed by atoms with van der Waals surface area (Å²) in [7, 11) is -3.57. The predicted molar refractivity (Wildman–Crippen MR) is 79.5 cm³/mol. The highest BCUT2D eigenvalue weighted by atomic mass is 32.2. The molecule has 0 saturated carbocycles. The minimum Gasteiger partial charge on any atom is -0.268 e. The van der Waals surface area contributed by atoms with Gasteiger partial charge in [0.1, 0.15) is 0 Å². The Morgan fingerprint density at radius 3 is 2.55 bits per heavy atom. The molecule has 0 bridgehead atoms. The van der Waals surface area contributed by atoms with Crippen molar-refractivity contribution in [2.45, 2.75) is 19.8 Å². The molecule has 0 amide bonds. The summed E-state index contributed by atoms with van der Waals surface area (Å²) in [4.78, 5) is 0. The Bertz CT molecular complexity index is 812. The Balaban J connectivity index is 2.14. The number of oxime groups is 1. The number of hydrogen-bond donors (Lipinski definition) is 0. The molecule has 2 aromatic carbocycles. The lowest BCUT2D eigenvalue weighted by molar-refractivity contribution is 0.343. The van der Waals surface area contributed by atoms with Gasteiger partial charge in [-0.05, 0) is 41.7 Å². The van der Waals surface area contributed by atoms with E-state index in [1.807, 2.05) is 18.2 Å². The van der Waals surface area contributed by atoms with Crippen molar-refractivity contribution in [3.8, 4) is 0 Å². The van der Waals surface area contributed by atoms with E-state index in [9.17, 15) is 8.42 Å². The van der Waals surface area contributed by atoms with Crippen LogP contribution in [0.2, 0.25) is 0 Å². The third-order valence-corrected chi connectivity index (χ3v) is 3.92. The Kier molecular flexibility index (Phi) is 3.01. The van der Waals surface area contributed by atoms with Crippen LogP contribution in [0.5, 0.6) is 0 Å². The van der Waals surface area contributed by atoms with E-state index in [-0.39, 0.29) is 0 Å². The van der Waals surface area contributed by atoms with Crippen molar-refractivity contribution in [1.82, 2.24) is 0 Å². The molecule has 0 radical (unpaired) electrons. The highest BCUT2D eigenvalue weighted by molar-refractivity contribution is 7.85. The van der Waals surface area contributed by atoms with Crippen molar-refractivity contribution in [2.75, 3.05) is 6.26 Å². The van der Waals surface area contributed by atoms with Gasteiger partial charge in [0, 0.05) is 5.56 Å². The number of hydrogen-bond acceptors (Lipinski definition) is 4. The van der Waals surface area contributed by atoms with Crippen LogP contribution in [0.4, 0.5) is 0 Å². The largest absolute Gasteiger partial charge is 0.325 e. The van der Waals surface area contributed by atoms with Gasteiger partial charge in [-0.2, -0.15) is 8.42 Å². The number of aryl methyl sites for hydroxylation is 2. The fraction of sp³-hybridized carbons (Fsp3) is 0.267. The van der Waals surface area contributed by atoms with Crippen LogP contribution in [0, 0.1) is 0 Å². The first kappa shape index (κ1) is 13.1. The summed E-state index contributed by atoms with van der Waals surface area (Å²) in [6.45, 7) is 1.75. The number of nitrogens with zero attached hydrogens (tertiary/aromatic N) is 1. The molecule has 0 fully saturated rings. The van der Waals surface area contributed by atoms with Gasteiger partial charge >= 0.3 is 10.1 Å². The highest BCUT2D eigenvalue weighted by Gasteiger charge is 2.16. The van der Waals surface area contributed by atoms with E-state index in [4.69, 9.17) is 0 Å². The molecule has 0 N–H and O–H groups in total. The maximum atomic E-state index is 11.0. The zero-order valence-electron chi connectivity index (χ0n) is 11.4. The van der Waals surface area contributed by atoms with Gasteiger partial charge in [0.05, 0.1) is 12.0 Å². The van der Waals surface area contributed by atoms with E-state index >= 15 is 0 Å². The molecule has 0 aromatic heterocycles.